The van der Waals surface area contributed by atoms with Crippen molar-refractivity contribution in [2.24, 2.45) is 0 Å². The first-order chi connectivity index (χ1) is 8.20. The number of aromatic nitrogens is 1. The minimum atomic E-state index is 0.824. The van der Waals surface area contributed by atoms with Gasteiger partial charge in [-0.25, -0.2) is 0 Å². The highest BCUT2D eigenvalue weighted by atomic mass is 16.5. The van der Waals surface area contributed by atoms with Crippen LogP contribution in [0.4, 0.5) is 5.69 Å². The molecule has 0 aliphatic rings. The molecule has 0 spiro atoms. The highest BCUT2D eigenvalue weighted by Gasteiger charge is 2.03. The molecule has 0 saturated carbocycles. The zero-order valence-electron chi connectivity index (χ0n) is 10.3. The lowest BCUT2D eigenvalue weighted by atomic mass is 10.1. The smallest absolute Gasteiger partial charge is 0.122 e. The summed E-state index contributed by atoms with van der Waals surface area (Å²) in [7, 11) is 5.71. The van der Waals surface area contributed by atoms with E-state index >= 15 is 0 Å². The first-order valence-corrected chi connectivity index (χ1v) is 5.48. The number of benzene rings is 1. The van der Waals surface area contributed by atoms with Gasteiger partial charge in [-0.15, -0.1) is 0 Å². The molecule has 0 saturated heterocycles. The summed E-state index contributed by atoms with van der Waals surface area (Å²) >= 11 is 0. The van der Waals surface area contributed by atoms with E-state index in [9.17, 15) is 0 Å². The van der Waals surface area contributed by atoms with Gasteiger partial charge in [0.1, 0.15) is 5.75 Å². The lowest BCUT2D eigenvalue weighted by molar-refractivity contribution is 0.414. The van der Waals surface area contributed by atoms with Crippen LogP contribution in [-0.4, -0.2) is 26.2 Å². The third-order valence-corrected chi connectivity index (χ3v) is 2.63. The number of pyridine rings is 1. The van der Waals surface area contributed by atoms with Crippen molar-refractivity contribution in [3.63, 3.8) is 0 Å². The predicted molar refractivity (Wildman–Crippen MR) is 70.6 cm³/mol. The Bertz CT molecular complexity index is 509. The van der Waals surface area contributed by atoms with E-state index in [1.54, 1.807) is 13.3 Å². The highest BCUT2D eigenvalue weighted by molar-refractivity contribution is 5.66. The Morgan fingerprint density at radius 2 is 1.94 bits per heavy atom. The lowest BCUT2D eigenvalue weighted by Crippen LogP contribution is -2.08. The Morgan fingerprint density at radius 1 is 1.12 bits per heavy atom. The zero-order chi connectivity index (χ0) is 12.3. The van der Waals surface area contributed by atoms with Crippen molar-refractivity contribution in [3.05, 3.63) is 42.6 Å². The summed E-state index contributed by atoms with van der Waals surface area (Å²) in [6, 6.07) is 12.1. The second kappa shape index (κ2) is 4.87. The second-order valence-electron chi connectivity index (χ2n) is 4.03. The number of nitrogens with zero attached hydrogens (tertiary/aromatic N) is 2. The zero-order valence-corrected chi connectivity index (χ0v) is 10.3. The van der Waals surface area contributed by atoms with Crippen molar-refractivity contribution in [1.82, 2.24) is 4.98 Å². The van der Waals surface area contributed by atoms with Gasteiger partial charge in [-0.3, -0.25) is 4.98 Å². The summed E-state index contributed by atoms with van der Waals surface area (Å²) in [4.78, 5) is 6.43. The van der Waals surface area contributed by atoms with E-state index < -0.39 is 0 Å². The quantitative estimate of drug-likeness (QED) is 0.807. The molecule has 0 atom stereocenters. The van der Waals surface area contributed by atoms with E-state index in [2.05, 4.69) is 28.1 Å². The van der Waals surface area contributed by atoms with Crippen molar-refractivity contribution in [1.29, 1.82) is 0 Å². The van der Waals surface area contributed by atoms with Gasteiger partial charge in [0.2, 0.25) is 0 Å². The van der Waals surface area contributed by atoms with E-state index in [4.69, 9.17) is 4.74 Å². The molecule has 0 fully saturated rings. The Kier molecular flexibility index (Phi) is 3.28. The molecule has 2 rings (SSSR count). The van der Waals surface area contributed by atoms with Gasteiger partial charge in [-0.2, -0.15) is 0 Å². The van der Waals surface area contributed by atoms with Gasteiger partial charge in [0.05, 0.1) is 12.8 Å². The number of methoxy groups -OCH3 is 1. The van der Waals surface area contributed by atoms with Crippen LogP contribution in [0.25, 0.3) is 11.3 Å². The second-order valence-corrected chi connectivity index (χ2v) is 4.03. The fraction of sp³-hybridized carbons (Fsp3) is 0.214. The molecular formula is C14H16N2O. The maximum Gasteiger partial charge on any atom is 0.122 e. The fourth-order valence-electron chi connectivity index (χ4n) is 1.64. The first-order valence-electron chi connectivity index (χ1n) is 5.48. The molecule has 1 aromatic heterocycles. The molecule has 0 aliphatic heterocycles. The summed E-state index contributed by atoms with van der Waals surface area (Å²) in [6.45, 7) is 0. The molecular weight excluding hydrogens is 212 g/mol. The van der Waals surface area contributed by atoms with Crippen LogP contribution in [-0.2, 0) is 0 Å². The van der Waals surface area contributed by atoms with Crippen molar-refractivity contribution in [3.8, 4) is 17.0 Å². The van der Waals surface area contributed by atoms with Crippen molar-refractivity contribution < 1.29 is 4.74 Å². The number of rotatable bonds is 3. The molecule has 1 heterocycles. The maximum absolute atomic E-state index is 5.20. The van der Waals surface area contributed by atoms with E-state index in [1.165, 1.54) is 0 Å². The molecule has 0 amide bonds. The van der Waals surface area contributed by atoms with Gasteiger partial charge in [-0.1, -0.05) is 12.1 Å². The van der Waals surface area contributed by atoms with Crippen LogP contribution < -0.4 is 9.64 Å². The van der Waals surface area contributed by atoms with Crippen molar-refractivity contribution in [2.75, 3.05) is 26.1 Å². The van der Waals surface area contributed by atoms with Gasteiger partial charge in [0, 0.05) is 37.6 Å². The average molecular weight is 228 g/mol. The topological polar surface area (TPSA) is 25.4 Å². The first kappa shape index (κ1) is 11.5. The molecule has 0 aliphatic carbocycles. The van der Waals surface area contributed by atoms with Gasteiger partial charge >= 0.3 is 0 Å². The normalized spacial score (nSPS) is 10.1. The molecule has 88 valence electrons. The third-order valence-electron chi connectivity index (χ3n) is 2.63. The summed E-state index contributed by atoms with van der Waals surface area (Å²) in [5.74, 6) is 0.824. The van der Waals surface area contributed by atoms with Gasteiger partial charge in [0.15, 0.2) is 0 Å². The van der Waals surface area contributed by atoms with Gasteiger partial charge < -0.3 is 9.64 Å². The Morgan fingerprint density at radius 3 is 2.65 bits per heavy atom. The molecule has 17 heavy (non-hydrogen) atoms. The van der Waals surface area contributed by atoms with Crippen LogP contribution in [0.5, 0.6) is 5.75 Å². The van der Waals surface area contributed by atoms with Crippen molar-refractivity contribution >= 4 is 5.69 Å². The van der Waals surface area contributed by atoms with Crippen LogP contribution in [0.15, 0.2) is 42.6 Å². The standard InChI is InChI=1S/C14H16N2O/c1-16(2)12-6-4-5-11(9-12)14-10-13(17-3)7-8-15-14/h4-10H,1-3H3. The van der Waals surface area contributed by atoms with Crippen LogP contribution in [0, 0.1) is 0 Å². The van der Waals surface area contributed by atoms with Crippen LogP contribution in [0.3, 0.4) is 0 Å². The van der Waals surface area contributed by atoms with E-state index in [0.29, 0.717) is 0 Å². The SMILES string of the molecule is COc1ccnc(-c2cccc(N(C)C)c2)c1. The van der Waals surface area contributed by atoms with Crippen LogP contribution in [0.2, 0.25) is 0 Å². The van der Waals surface area contributed by atoms with E-state index in [0.717, 1.165) is 22.7 Å². The summed E-state index contributed by atoms with van der Waals surface area (Å²) in [5, 5.41) is 0. The number of hydrogen-bond acceptors (Lipinski definition) is 3. The number of ether oxygens (including phenoxy) is 1. The molecule has 0 bridgehead atoms. The van der Waals surface area contributed by atoms with Gasteiger partial charge in [0.25, 0.3) is 0 Å². The molecule has 1 aromatic carbocycles. The minimum absolute atomic E-state index is 0.824. The Labute approximate surface area is 102 Å². The van der Waals surface area contributed by atoms with Crippen LogP contribution >= 0.6 is 0 Å². The van der Waals surface area contributed by atoms with E-state index in [1.807, 2.05) is 32.3 Å². The van der Waals surface area contributed by atoms with Crippen LogP contribution in [0.1, 0.15) is 0 Å². The molecule has 3 heteroatoms. The molecule has 0 radical (unpaired) electrons. The average Bonchev–Trinajstić information content (AvgIpc) is 2.39. The highest BCUT2D eigenvalue weighted by Crippen LogP contribution is 2.24. The predicted octanol–water partition coefficient (Wildman–Crippen LogP) is 2.82. The maximum atomic E-state index is 5.20. The molecule has 3 nitrogen and oxygen atoms in total. The number of anilines is 1. The van der Waals surface area contributed by atoms with Crippen molar-refractivity contribution in [2.45, 2.75) is 0 Å². The summed E-state index contributed by atoms with van der Waals surface area (Å²) in [6.07, 6.45) is 1.76. The van der Waals surface area contributed by atoms with Gasteiger partial charge in [-0.05, 0) is 18.2 Å². The minimum Gasteiger partial charge on any atom is -0.497 e. The largest absolute Gasteiger partial charge is 0.497 e. The molecule has 2 aromatic rings. The number of hydrogen-bond donors (Lipinski definition) is 0. The monoisotopic (exact) mass is 228 g/mol. The molecule has 0 N–H and O–H groups in total. The Hall–Kier alpha value is -2.03. The Balaban J connectivity index is 2.41. The molecule has 0 unspecified atom stereocenters. The third kappa shape index (κ3) is 2.56. The van der Waals surface area contributed by atoms with E-state index in [-0.39, 0.29) is 0 Å². The fourth-order valence-corrected chi connectivity index (χ4v) is 1.64. The lowest BCUT2D eigenvalue weighted by Gasteiger charge is -2.13. The summed E-state index contributed by atoms with van der Waals surface area (Å²) in [5.41, 5.74) is 3.18. The summed E-state index contributed by atoms with van der Waals surface area (Å²) < 4.78 is 5.20.